The molecule has 7 nitrogen and oxygen atoms in total. The fourth-order valence-corrected chi connectivity index (χ4v) is 5.60. The molecular formula is C30H26F2N6O. The molecule has 196 valence electrons. The molecule has 4 aromatic rings. The molecule has 1 aromatic heterocycles. The van der Waals surface area contributed by atoms with Gasteiger partial charge in [-0.3, -0.25) is 4.90 Å². The number of alkyl halides is 1. The number of hydrogen-bond acceptors (Lipinski definition) is 7. The van der Waals surface area contributed by atoms with Gasteiger partial charge in [-0.15, -0.1) is 5.10 Å². The number of nitrogen functional groups attached to an aromatic ring is 1. The first-order chi connectivity index (χ1) is 18.7. The van der Waals surface area contributed by atoms with Crippen molar-refractivity contribution in [3.05, 3.63) is 100 Å². The van der Waals surface area contributed by atoms with E-state index in [2.05, 4.69) is 21.2 Å². The second-order valence-electron chi connectivity index (χ2n) is 10.3. The number of anilines is 1. The molecule has 1 aliphatic rings. The maximum absolute atomic E-state index is 15.6. The van der Waals surface area contributed by atoms with Gasteiger partial charge >= 0.3 is 6.01 Å². The molecule has 2 atom stereocenters. The van der Waals surface area contributed by atoms with Gasteiger partial charge < -0.3 is 10.2 Å². The molecule has 2 N–H and O–H groups in total. The summed E-state index contributed by atoms with van der Waals surface area (Å²) in [7, 11) is 0. The first kappa shape index (κ1) is 26.0. The lowest BCUT2D eigenvalue weighted by molar-refractivity contribution is 0.00813. The first-order valence-electron chi connectivity index (χ1n) is 12.5. The van der Waals surface area contributed by atoms with Crippen molar-refractivity contribution in [3.63, 3.8) is 0 Å². The molecule has 1 saturated heterocycles. The molecule has 39 heavy (non-hydrogen) atoms. The number of rotatable bonds is 7. The van der Waals surface area contributed by atoms with Gasteiger partial charge in [-0.05, 0) is 78.9 Å². The molecule has 5 rings (SSSR count). The van der Waals surface area contributed by atoms with Crippen LogP contribution in [0.3, 0.4) is 0 Å². The van der Waals surface area contributed by atoms with Crippen LogP contribution in [0.2, 0.25) is 0 Å². The molecule has 0 bridgehead atoms. The molecule has 0 spiro atoms. The number of nitrogens with zero attached hydrogens (tertiary/aromatic N) is 5. The lowest BCUT2D eigenvalue weighted by Crippen LogP contribution is -2.53. The fourth-order valence-electron chi connectivity index (χ4n) is 5.60. The number of likely N-dealkylation sites (tertiary alicyclic amines) is 1. The van der Waals surface area contributed by atoms with Crippen LogP contribution in [0, 0.1) is 34.4 Å². The van der Waals surface area contributed by atoms with Gasteiger partial charge in [0.1, 0.15) is 11.5 Å². The number of nitrogens with two attached hydrogens (primary N) is 1. The van der Waals surface area contributed by atoms with Gasteiger partial charge in [0.2, 0.25) is 5.89 Å². The van der Waals surface area contributed by atoms with Crippen LogP contribution in [0.5, 0.6) is 0 Å². The van der Waals surface area contributed by atoms with Crippen molar-refractivity contribution >= 4 is 6.01 Å². The van der Waals surface area contributed by atoms with Gasteiger partial charge in [0.15, 0.2) is 0 Å². The lowest BCUT2D eigenvalue weighted by Gasteiger charge is -2.50. The van der Waals surface area contributed by atoms with Crippen LogP contribution < -0.4 is 5.73 Å². The topological polar surface area (TPSA) is 116 Å². The summed E-state index contributed by atoms with van der Waals surface area (Å²) in [4.78, 5) is 2.22. The van der Waals surface area contributed by atoms with Crippen molar-refractivity contribution < 1.29 is 13.2 Å². The molecule has 3 aromatic carbocycles. The summed E-state index contributed by atoms with van der Waals surface area (Å²) >= 11 is 0. The zero-order chi connectivity index (χ0) is 27.7. The van der Waals surface area contributed by atoms with Crippen LogP contribution in [-0.4, -0.2) is 33.9 Å². The highest BCUT2D eigenvalue weighted by molar-refractivity contribution is 5.56. The Morgan fingerprint density at radius 1 is 0.949 bits per heavy atom. The molecule has 0 aliphatic carbocycles. The third kappa shape index (κ3) is 5.36. The Labute approximate surface area is 225 Å². The number of halogens is 2. The van der Waals surface area contributed by atoms with Crippen LogP contribution in [0.15, 0.2) is 71.1 Å². The Morgan fingerprint density at radius 3 is 2.28 bits per heavy atom. The van der Waals surface area contributed by atoms with Gasteiger partial charge in [-0.2, -0.15) is 10.5 Å². The summed E-state index contributed by atoms with van der Waals surface area (Å²) < 4.78 is 35.3. The molecule has 1 aliphatic heterocycles. The second-order valence-corrected chi connectivity index (χ2v) is 10.3. The van der Waals surface area contributed by atoms with Crippen LogP contribution in [0.1, 0.15) is 53.6 Å². The summed E-state index contributed by atoms with van der Waals surface area (Å²) in [6.07, 6.45) is 0. The van der Waals surface area contributed by atoms with E-state index in [0.29, 0.717) is 35.7 Å². The number of benzene rings is 3. The predicted molar refractivity (Wildman–Crippen MR) is 141 cm³/mol. The molecule has 1 fully saturated rings. The Morgan fingerprint density at radius 2 is 1.67 bits per heavy atom. The number of aromatic nitrogens is 2. The van der Waals surface area contributed by atoms with Gasteiger partial charge in [0.25, 0.3) is 0 Å². The Bertz CT molecular complexity index is 1570. The smallest absolute Gasteiger partial charge is 0.313 e. The van der Waals surface area contributed by atoms with Crippen LogP contribution in [-0.2, 0) is 0 Å². The van der Waals surface area contributed by atoms with Crippen molar-refractivity contribution in [2.75, 3.05) is 18.8 Å². The largest absolute Gasteiger partial charge is 0.404 e. The van der Waals surface area contributed by atoms with Gasteiger partial charge in [-0.25, -0.2) is 8.78 Å². The quantitative estimate of drug-likeness (QED) is 0.327. The van der Waals surface area contributed by atoms with E-state index >= 15 is 4.39 Å². The zero-order valence-corrected chi connectivity index (χ0v) is 21.5. The minimum absolute atomic E-state index is 0.0265. The minimum Gasteiger partial charge on any atom is -0.404 e. The standard InChI is InChI=1S/C30H26F2N6O/c1-30(2,32)26(23-10-19(15-34)11-25(31)13-23)24-16-38(17-24)27(20-8-6-18(14-33)7-9-20)21-4-3-5-22(12-21)28-36-37-29(35)39-28/h3-13,24,26-27H,16-17H2,1-2H3,(H2,35,37)/t26-,27?/m1/s1. The molecular weight excluding hydrogens is 498 g/mol. The highest BCUT2D eigenvalue weighted by atomic mass is 19.1. The Balaban J connectivity index is 1.49. The maximum atomic E-state index is 15.6. The fraction of sp³-hybridized carbons (Fsp3) is 0.267. The van der Waals surface area contributed by atoms with Crippen molar-refractivity contribution in [2.45, 2.75) is 31.5 Å². The second kappa shape index (κ2) is 10.3. The number of hydrogen-bond donors (Lipinski definition) is 1. The maximum Gasteiger partial charge on any atom is 0.313 e. The minimum atomic E-state index is -1.64. The van der Waals surface area contributed by atoms with Crippen LogP contribution in [0.25, 0.3) is 11.5 Å². The van der Waals surface area contributed by atoms with Crippen LogP contribution >= 0.6 is 0 Å². The highest BCUT2D eigenvalue weighted by Crippen LogP contribution is 2.46. The lowest BCUT2D eigenvalue weighted by atomic mass is 9.72. The first-order valence-corrected chi connectivity index (χ1v) is 12.5. The van der Waals surface area contributed by atoms with E-state index in [1.54, 1.807) is 18.2 Å². The molecule has 9 heteroatoms. The molecule has 1 unspecified atom stereocenters. The summed E-state index contributed by atoms with van der Waals surface area (Å²) in [5, 5.41) is 26.3. The predicted octanol–water partition coefficient (Wildman–Crippen LogP) is 5.75. The Kier molecular flexibility index (Phi) is 6.86. The van der Waals surface area contributed by atoms with E-state index in [-0.39, 0.29) is 23.5 Å². The molecule has 2 heterocycles. The van der Waals surface area contributed by atoms with E-state index in [1.807, 2.05) is 42.5 Å². The average molecular weight is 525 g/mol. The number of nitriles is 2. The van der Waals surface area contributed by atoms with Crippen molar-refractivity contribution in [3.8, 4) is 23.6 Å². The molecule has 0 radical (unpaired) electrons. The van der Waals surface area contributed by atoms with Crippen molar-refractivity contribution in [2.24, 2.45) is 5.92 Å². The van der Waals surface area contributed by atoms with E-state index in [9.17, 15) is 14.9 Å². The average Bonchev–Trinajstić information content (AvgIpc) is 3.33. The zero-order valence-electron chi connectivity index (χ0n) is 21.5. The summed E-state index contributed by atoms with van der Waals surface area (Å²) in [6, 6.07) is 23.0. The van der Waals surface area contributed by atoms with Crippen molar-refractivity contribution in [1.82, 2.24) is 15.1 Å². The SMILES string of the molecule is CC(C)(F)[C@H](c1cc(F)cc(C#N)c1)C1CN(C(c2ccc(C#N)cc2)c2cccc(-c3nnc(N)o3)c2)C1. The summed E-state index contributed by atoms with van der Waals surface area (Å²) in [5.74, 6) is -0.972. The van der Waals surface area contributed by atoms with E-state index < -0.39 is 17.4 Å². The normalized spacial score (nSPS) is 15.6. The van der Waals surface area contributed by atoms with Crippen molar-refractivity contribution in [1.29, 1.82) is 10.5 Å². The van der Waals surface area contributed by atoms with E-state index in [0.717, 1.165) is 17.2 Å². The van der Waals surface area contributed by atoms with Gasteiger partial charge in [0.05, 0.1) is 29.3 Å². The Hall–Kier alpha value is -4.60. The van der Waals surface area contributed by atoms with Gasteiger partial charge in [-0.1, -0.05) is 29.4 Å². The monoisotopic (exact) mass is 524 g/mol. The third-order valence-corrected chi connectivity index (χ3v) is 7.17. The van der Waals surface area contributed by atoms with Crippen LogP contribution in [0.4, 0.5) is 14.8 Å². The summed E-state index contributed by atoms with van der Waals surface area (Å²) in [6.45, 7) is 4.07. The van der Waals surface area contributed by atoms with E-state index in [4.69, 9.17) is 10.2 Å². The molecule has 0 amide bonds. The summed E-state index contributed by atoms with van der Waals surface area (Å²) in [5.41, 5.74) is 7.79. The van der Waals surface area contributed by atoms with E-state index in [1.165, 1.54) is 19.9 Å². The third-order valence-electron chi connectivity index (χ3n) is 7.17. The van der Waals surface area contributed by atoms with Gasteiger partial charge in [0, 0.05) is 24.6 Å². The highest BCUT2D eigenvalue weighted by Gasteiger charge is 2.45. The molecule has 0 saturated carbocycles.